The van der Waals surface area contributed by atoms with Crippen molar-refractivity contribution >= 4 is 39.1 Å². The van der Waals surface area contributed by atoms with Crippen LogP contribution in [0.5, 0.6) is 0 Å². The summed E-state index contributed by atoms with van der Waals surface area (Å²) in [6.45, 7) is 3.79. The maximum atomic E-state index is 13.2. The van der Waals surface area contributed by atoms with Gasteiger partial charge in [0.05, 0.1) is 23.5 Å². The Labute approximate surface area is 164 Å². The zero-order valence-electron chi connectivity index (χ0n) is 14.2. The number of carbonyl (C=O) groups is 1. The van der Waals surface area contributed by atoms with E-state index in [1.165, 1.54) is 18.2 Å². The Morgan fingerprint density at radius 3 is 2.58 bits per heavy atom. The minimum absolute atomic E-state index is 0.176. The number of aromatic nitrogens is 2. The standard InChI is InChI=1S/C19H16BrClFN3O/c1-11-16(10-19(26)23-18-8-5-14(22)9-17(18)20)12(2)25(24-11)15-6-3-13(21)4-7-15/h3-9H,10H2,1-2H3,(H,23,26). The van der Waals surface area contributed by atoms with Crippen molar-refractivity contribution in [1.29, 1.82) is 0 Å². The molecule has 1 amide bonds. The van der Waals surface area contributed by atoms with E-state index in [1.54, 1.807) is 16.8 Å². The fourth-order valence-electron chi connectivity index (χ4n) is 2.71. The van der Waals surface area contributed by atoms with Gasteiger partial charge in [-0.3, -0.25) is 4.79 Å². The predicted octanol–water partition coefficient (Wildman–Crippen LogP) is 5.23. The van der Waals surface area contributed by atoms with Crippen LogP contribution in [0.15, 0.2) is 46.9 Å². The molecule has 0 aliphatic heterocycles. The number of halogens is 3. The van der Waals surface area contributed by atoms with Crippen molar-refractivity contribution in [3.63, 3.8) is 0 Å². The highest BCUT2D eigenvalue weighted by Crippen LogP contribution is 2.24. The zero-order valence-corrected chi connectivity index (χ0v) is 16.5. The van der Waals surface area contributed by atoms with E-state index in [4.69, 9.17) is 11.6 Å². The summed E-state index contributed by atoms with van der Waals surface area (Å²) in [5.41, 5.74) is 3.93. The number of rotatable bonds is 4. The lowest BCUT2D eigenvalue weighted by molar-refractivity contribution is -0.115. The number of aryl methyl sites for hydroxylation is 1. The second-order valence-electron chi connectivity index (χ2n) is 5.89. The summed E-state index contributed by atoms with van der Waals surface area (Å²) in [4.78, 5) is 12.4. The van der Waals surface area contributed by atoms with Gasteiger partial charge >= 0.3 is 0 Å². The van der Waals surface area contributed by atoms with Crippen molar-refractivity contribution in [3.8, 4) is 5.69 Å². The Bertz CT molecular complexity index is 970. The third kappa shape index (κ3) is 3.97. The van der Waals surface area contributed by atoms with Gasteiger partial charge in [-0.2, -0.15) is 5.10 Å². The average molecular weight is 437 g/mol. The highest BCUT2D eigenvalue weighted by molar-refractivity contribution is 9.10. The normalized spacial score (nSPS) is 10.8. The lowest BCUT2D eigenvalue weighted by atomic mass is 10.1. The van der Waals surface area contributed by atoms with Crippen LogP contribution < -0.4 is 5.32 Å². The van der Waals surface area contributed by atoms with Crippen LogP contribution in [0.3, 0.4) is 0 Å². The fourth-order valence-corrected chi connectivity index (χ4v) is 3.29. The molecule has 0 saturated carbocycles. The van der Waals surface area contributed by atoms with E-state index in [0.717, 1.165) is 22.6 Å². The first-order valence-corrected chi connectivity index (χ1v) is 9.08. The van der Waals surface area contributed by atoms with Crippen molar-refractivity contribution in [1.82, 2.24) is 9.78 Å². The van der Waals surface area contributed by atoms with Gasteiger partial charge in [0.1, 0.15) is 5.82 Å². The number of amides is 1. The van der Waals surface area contributed by atoms with E-state index in [9.17, 15) is 9.18 Å². The highest BCUT2D eigenvalue weighted by Gasteiger charge is 2.16. The molecule has 0 radical (unpaired) electrons. The van der Waals surface area contributed by atoms with Gasteiger partial charge in [-0.25, -0.2) is 9.07 Å². The lowest BCUT2D eigenvalue weighted by Crippen LogP contribution is -2.15. The number of hydrogen-bond donors (Lipinski definition) is 1. The molecule has 1 N–H and O–H groups in total. The van der Waals surface area contributed by atoms with Gasteiger partial charge in [0.15, 0.2) is 0 Å². The van der Waals surface area contributed by atoms with Crippen LogP contribution in [-0.4, -0.2) is 15.7 Å². The molecule has 1 heterocycles. The summed E-state index contributed by atoms with van der Waals surface area (Å²) >= 11 is 9.18. The van der Waals surface area contributed by atoms with E-state index < -0.39 is 0 Å². The van der Waals surface area contributed by atoms with Gasteiger partial charge in [0.25, 0.3) is 0 Å². The molecule has 4 nitrogen and oxygen atoms in total. The Kier molecular flexibility index (Phi) is 5.44. The quantitative estimate of drug-likeness (QED) is 0.609. The van der Waals surface area contributed by atoms with Gasteiger partial charge in [-0.1, -0.05) is 11.6 Å². The molecule has 134 valence electrons. The molecule has 0 bridgehead atoms. The van der Waals surface area contributed by atoms with Gasteiger partial charge < -0.3 is 5.32 Å². The summed E-state index contributed by atoms with van der Waals surface area (Å²) in [6.07, 6.45) is 0.176. The minimum atomic E-state index is -0.370. The van der Waals surface area contributed by atoms with E-state index in [2.05, 4.69) is 26.3 Å². The van der Waals surface area contributed by atoms with Crippen LogP contribution >= 0.6 is 27.5 Å². The van der Waals surface area contributed by atoms with Crippen molar-refractivity contribution in [2.75, 3.05) is 5.32 Å². The first-order chi connectivity index (χ1) is 12.3. The number of anilines is 1. The number of hydrogen-bond acceptors (Lipinski definition) is 2. The molecule has 0 aliphatic rings. The maximum absolute atomic E-state index is 13.2. The molecule has 1 aromatic heterocycles. The fraction of sp³-hybridized carbons (Fsp3) is 0.158. The van der Waals surface area contributed by atoms with Crippen molar-refractivity contribution in [2.45, 2.75) is 20.3 Å². The molecule has 2 aromatic carbocycles. The average Bonchev–Trinajstić information content (AvgIpc) is 2.86. The molecule has 0 unspecified atom stereocenters. The summed E-state index contributed by atoms with van der Waals surface area (Å²) in [7, 11) is 0. The topological polar surface area (TPSA) is 46.9 Å². The molecule has 0 saturated heterocycles. The Morgan fingerprint density at radius 2 is 1.92 bits per heavy atom. The Hall–Kier alpha value is -2.18. The number of nitrogens with one attached hydrogen (secondary N) is 1. The molecule has 3 aromatic rings. The van der Waals surface area contributed by atoms with Gasteiger partial charge in [-0.15, -0.1) is 0 Å². The summed E-state index contributed by atoms with van der Waals surface area (Å²) < 4.78 is 15.5. The number of benzene rings is 2. The van der Waals surface area contributed by atoms with E-state index >= 15 is 0 Å². The molecule has 0 atom stereocenters. The molecule has 26 heavy (non-hydrogen) atoms. The van der Waals surface area contributed by atoms with E-state index in [0.29, 0.717) is 15.2 Å². The van der Waals surface area contributed by atoms with Crippen LogP contribution in [0.2, 0.25) is 5.02 Å². The predicted molar refractivity (Wildman–Crippen MR) is 104 cm³/mol. The first-order valence-electron chi connectivity index (χ1n) is 7.91. The van der Waals surface area contributed by atoms with Crippen LogP contribution in [0.25, 0.3) is 5.69 Å². The summed E-state index contributed by atoms with van der Waals surface area (Å²) in [5.74, 6) is -0.565. The van der Waals surface area contributed by atoms with Crippen LogP contribution in [0, 0.1) is 19.7 Å². The molecule has 3 rings (SSSR count). The monoisotopic (exact) mass is 435 g/mol. The Balaban J connectivity index is 1.81. The minimum Gasteiger partial charge on any atom is -0.325 e. The van der Waals surface area contributed by atoms with Crippen LogP contribution in [-0.2, 0) is 11.2 Å². The molecular formula is C19H16BrClFN3O. The summed E-state index contributed by atoms with van der Waals surface area (Å²) in [6, 6.07) is 11.5. The second-order valence-corrected chi connectivity index (χ2v) is 7.18. The van der Waals surface area contributed by atoms with Crippen molar-refractivity contribution < 1.29 is 9.18 Å². The molecule has 0 fully saturated rings. The lowest BCUT2D eigenvalue weighted by Gasteiger charge is -2.08. The third-order valence-corrected chi connectivity index (χ3v) is 4.96. The molecular weight excluding hydrogens is 421 g/mol. The smallest absolute Gasteiger partial charge is 0.228 e. The molecule has 0 aliphatic carbocycles. The molecule has 7 heteroatoms. The highest BCUT2D eigenvalue weighted by atomic mass is 79.9. The van der Waals surface area contributed by atoms with Gasteiger partial charge in [-0.05, 0) is 72.2 Å². The largest absolute Gasteiger partial charge is 0.325 e. The molecule has 0 spiro atoms. The van der Waals surface area contributed by atoms with Crippen LogP contribution in [0.1, 0.15) is 17.0 Å². The SMILES string of the molecule is Cc1nn(-c2ccc(Cl)cc2)c(C)c1CC(=O)Nc1ccc(F)cc1Br. The van der Waals surface area contributed by atoms with Gasteiger partial charge in [0, 0.05) is 20.8 Å². The zero-order chi connectivity index (χ0) is 18.8. The van der Waals surface area contributed by atoms with Crippen molar-refractivity contribution in [3.05, 3.63) is 74.7 Å². The van der Waals surface area contributed by atoms with Gasteiger partial charge in [0.2, 0.25) is 5.91 Å². The number of nitrogens with zero attached hydrogens (tertiary/aromatic N) is 2. The van der Waals surface area contributed by atoms with Crippen molar-refractivity contribution in [2.24, 2.45) is 0 Å². The van der Waals surface area contributed by atoms with E-state index in [1.807, 2.05) is 26.0 Å². The van der Waals surface area contributed by atoms with E-state index in [-0.39, 0.29) is 18.1 Å². The third-order valence-electron chi connectivity index (χ3n) is 4.05. The van der Waals surface area contributed by atoms with Crippen LogP contribution in [0.4, 0.5) is 10.1 Å². The first kappa shape index (κ1) is 18.6. The summed E-state index contributed by atoms with van der Waals surface area (Å²) in [5, 5.41) is 7.98. The Morgan fingerprint density at radius 1 is 1.23 bits per heavy atom. The maximum Gasteiger partial charge on any atom is 0.228 e. The number of carbonyl (C=O) groups excluding carboxylic acids is 1. The second kappa shape index (κ2) is 7.60.